The molecule has 0 spiro atoms. The first-order chi connectivity index (χ1) is 8.90. The summed E-state index contributed by atoms with van der Waals surface area (Å²) in [5.41, 5.74) is 5.06. The Morgan fingerprint density at radius 3 is 2.94 bits per heavy atom. The molecule has 86 valence electrons. The van der Waals surface area contributed by atoms with Gasteiger partial charge < -0.3 is 4.57 Å². The summed E-state index contributed by atoms with van der Waals surface area (Å²) in [6.45, 7) is 0.798. The van der Waals surface area contributed by atoms with Crippen LogP contribution in [0.15, 0.2) is 42.6 Å². The van der Waals surface area contributed by atoms with Crippen LogP contribution < -0.4 is 0 Å². The van der Waals surface area contributed by atoms with Gasteiger partial charge in [-0.15, -0.1) is 0 Å². The van der Waals surface area contributed by atoms with Crippen LogP contribution in [0.3, 0.4) is 0 Å². The third-order valence-corrected chi connectivity index (χ3v) is 3.58. The van der Waals surface area contributed by atoms with E-state index in [1.54, 1.807) is 6.20 Å². The summed E-state index contributed by atoms with van der Waals surface area (Å²) in [4.78, 5) is 15.8. The Bertz CT molecular complexity index is 786. The molecule has 0 atom stereocenters. The first kappa shape index (κ1) is 9.59. The van der Waals surface area contributed by atoms with Gasteiger partial charge in [-0.3, -0.25) is 4.79 Å². The first-order valence-electron chi connectivity index (χ1n) is 5.91. The highest BCUT2D eigenvalue weighted by Gasteiger charge is 2.25. The molecule has 0 fully saturated rings. The van der Waals surface area contributed by atoms with Gasteiger partial charge in [0.2, 0.25) is 0 Å². The molecule has 0 unspecified atom stereocenters. The highest BCUT2D eigenvalue weighted by Crippen LogP contribution is 2.39. The van der Waals surface area contributed by atoms with Gasteiger partial charge in [0, 0.05) is 22.7 Å². The van der Waals surface area contributed by atoms with Crippen molar-refractivity contribution in [3.05, 3.63) is 53.7 Å². The van der Waals surface area contributed by atoms with E-state index in [1.165, 1.54) is 5.56 Å². The van der Waals surface area contributed by atoms with E-state index in [-0.39, 0.29) is 0 Å². The maximum atomic E-state index is 11.4. The van der Waals surface area contributed by atoms with E-state index in [0.717, 1.165) is 40.7 Å². The number of fused-ring (bicyclic) bond motifs is 5. The maximum absolute atomic E-state index is 11.4. The molecule has 3 heteroatoms. The standard InChI is InChI=1S/C15H10N2O/c18-9-13-12-6-3-7-16-15(12)17-8-10-4-1-2-5-11(10)14(13)17/h1-7,9H,8H2. The van der Waals surface area contributed by atoms with E-state index in [1.807, 2.05) is 24.3 Å². The van der Waals surface area contributed by atoms with Crippen LogP contribution >= 0.6 is 0 Å². The lowest BCUT2D eigenvalue weighted by atomic mass is 10.0. The molecule has 0 saturated carbocycles. The topological polar surface area (TPSA) is 34.9 Å². The molecule has 0 bridgehead atoms. The average molecular weight is 234 g/mol. The predicted molar refractivity (Wildman–Crippen MR) is 69.7 cm³/mol. The number of nitrogens with zero attached hydrogens (tertiary/aromatic N) is 2. The number of hydrogen-bond acceptors (Lipinski definition) is 2. The fourth-order valence-electron chi connectivity index (χ4n) is 2.82. The SMILES string of the molecule is O=Cc1c2n(c3ncccc13)Cc1ccccc1-2. The van der Waals surface area contributed by atoms with E-state index in [0.29, 0.717) is 0 Å². The molecule has 3 nitrogen and oxygen atoms in total. The van der Waals surface area contributed by atoms with E-state index in [9.17, 15) is 4.79 Å². The van der Waals surface area contributed by atoms with Crippen molar-refractivity contribution in [1.29, 1.82) is 0 Å². The van der Waals surface area contributed by atoms with Gasteiger partial charge >= 0.3 is 0 Å². The Morgan fingerprint density at radius 2 is 2.06 bits per heavy atom. The lowest BCUT2D eigenvalue weighted by Gasteiger charge is -1.98. The highest BCUT2D eigenvalue weighted by atomic mass is 16.1. The van der Waals surface area contributed by atoms with Crippen molar-refractivity contribution in [2.75, 3.05) is 0 Å². The van der Waals surface area contributed by atoms with E-state index < -0.39 is 0 Å². The molecular formula is C15H10N2O. The maximum Gasteiger partial charge on any atom is 0.152 e. The van der Waals surface area contributed by atoms with Gasteiger partial charge in [0.25, 0.3) is 0 Å². The van der Waals surface area contributed by atoms with Crippen LogP contribution in [0.2, 0.25) is 0 Å². The van der Waals surface area contributed by atoms with E-state index in [2.05, 4.69) is 21.7 Å². The number of pyridine rings is 1. The first-order valence-corrected chi connectivity index (χ1v) is 5.91. The van der Waals surface area contributed by atoms with Gasteiger partial charge in [-0.05, 0) is 17.7 Å². The summed E-state index contributed by atoms with van der Waals surface area (Å²) in [6, 6.07) is 12.0. The van der Waals surface area contributed by atoms with Crippen molar-refractivity contribution < 1.29 is 4.79 Å². The fraction of sp³-hybridized carbons (Fsp3) is 0.0667. The molecule has 0 N–H and O–H groups in total. The van der Waals surface area contributed by atoms with Gasteiger partial charge in [0.15, 0.2) is 6.29 Å². The molecule has 1 aromatic carbocycles. The van der Waals surface area contributed by atoms with Crippen LogP contribution in [0.4, 0.5) is 0 Å². The second-order valence-corrected chi connectivity index (χ2v) is 4.50. The minimum absolute atomic E-state index is 0.753. The molecule has 0 amide bonds. The van der Waals surface area contributed by atoms with Crippen LogP contribution in [-0.4, -0.2) is 15.8 Å². The number of hydrogen-bond donors (Lipinski definition) is 0. The van der Waals surface area contributed by atoms with Gasteiger partial charge in [-0.2, -0.15) is 0 Å². The van der Waals surface area contributed by atoms with Gasteiger partial charge in [0.1, 0.15) is 5.65 Å². The van der Waals surface area contributed by atoms with Crippen LogP contribution in [0, 0.1) is 0 Å². The van der Waals surface area contributed by atoms with Crippen LogP contribution in [-0.2, 0) is 6.54 Å². The number of carbonyl (C=O) groups is 1. The Hall–Kier alpha value is -2.42. The minimum atomic E-state index is 0.753. The lowest BCUT2D eigenvalue weighted by Crippen LogP contribution is -1.93. The van der Waals surface area contributed by atoms with Crippen molar-refractivity contribution in [3.8, 4) is 11.3 Å². The zero-order chi connectivity index (χ0) is 12.1. The van der Waals surface area contributed by atoms with Crippen LogP contribution in [0.25, 0.3) is 22.3 Å². The van der Waals surface area contributed by atoms with Crippen molar-refractivity contribution in [1.82, 2.24) is 9.55 Å². The number of rotatable bonds is 1. The van der Waals surface area contributed by atoms with Crippen molar-refractivity contribution >= 4 is 17.3 Å². The van der Waals surface area contributed by atoms with Crippen molar-refractivity contribution in [2.24, 2.45) is 0 Å². The zero-order valence-corrected chi connectivity index (χ0v) is 9.63. The highest BCUT2D eigenvalue weighted by molar-refractivity contribution is 6.05. The summed E-state index contributed by atoms with van der Waals surface area (Å²) >= 11 is 0. The molecule has 1 aliphatic heterocycles. The lowest BCUT2D eigenvalue weighted by molar-refractivity contribution is 0.112. The van der Waals surface area contributed by atoms with E-state index in [4.69, 9.17) is 0 Å². The number of benzene rings is 1. The molecule has 0 aliphatic carbocycles. The molecule has 0 saturated heterocycles. The van der Waals surface area contributed by atoms with Crippen molar-refractivity contribution in [2.45, 2.75) is 6.54 Å². The molecule has 3 heterocycles. The fourth-order valence-corrected chi connectivity index (χ4v) is 2.82. The summed E-state index contributed by atoms with van der Waals surface area (Å²) < 4.78 is 2.13. The van der Waals surface area contributed by atoms with Crippen molar-refractivity contribution in [3.63, 3.8) is 0 Å². The number of carbonyl (C=O) groups excluding carboxylic acids is 1. The summed E-state index contributed by atoms with van der Waals surface area (Å²) in [5.74, 6) is 0. The molecular weight excluding hydrogens is 224 g/mol. The normalized spacial score (nSPS) is 12.4. The molecule has 2 aromatic heterocycles. The average Bonchev–Trinajstić information content (AvgIpc) is 2.93. The van der Waals surface area contributed by atoms with Gasteiger partial charge in [-0.1, -0.05) is 24.3 Å². The smallest absolute Gasteiger partial charge is 0.152 e. The van der Waals surface area contributed by atoms with Crippen LogP contribution in [0.1, 0.15) is 15.9 Å². The Kier molecular flexibility index (Phi) is 1.75. The molecule has 1 aliphatic rings. The second kappa shape index (κ2) is 3.29. The molecule has 0 radical (unpaired) electrons. The predicted octanol–water partition coefficient (Wildman–Crippen LogP) is 2.88. The summed E-state index contributed by atoms with van der Waals surface area (Å²) in [6.07, 6.45) is 2.71. The Morgan fingerprint density at radius 1 is 1.17 bits per heavy atom. The number of aromatic nitrogens is 2. The Balaban J connectivity index is 2.19. The summed E-state index contributed by atoms with van der Waals surface area (Å²) in [5, 5.41) is 0.942. The van der Waals surface area contributed by atoms with Crippen LogP contribution in [0.5, 0.6) is 0 Å². The third-order valence-electron chi connectivity index (χ3n) is 3.58. The minimum Gasteiger partial charge on any atom is -0.320 e. The van der Waals surface area contributed by atoms with Gasteiger partial charge in [-0.25, -0.2) is 4.98 Å². The quantitative estimate of drug-likeness (QED) is 0.475. The summed E-state index contributed by atoms with van der Waals surface area (Å²) in [7, 11) is 0. The molecule has 3 aromatic rings. The number of aldehydes is 1. The molecule has 4 rings (SSSR count). The monoisotopic (exact) mass is 234 g/mol. The Labute approximate surface area is 104 Å². The largest absolute Gasteiger partial charge is 0.320 e. The van der Waals surface area contributed by atoms with E-state index >= 15 is 0 Å². The second-order valence-electron chi connectivity index (χ2n) is 4.50. The third kappa shape index (κ3) is 1.03. The molecule has 18 heavy (non-hydrogen) atoms. The zero-order valence-electron chi connectivity index (χ0n) is 9.63. The van der Waals surface area contributed by atoms with Gasteiger partial charge in [0.05, 0.1) is 12.2 Å².